The maximum Gasteiger partial charge on any atom is 0.418 e. The predicted molar refractivity (Wildman–Crippen MR) is 123 cm³/mol. The zero-order chi connectivity index (χ0) is 29.1. The molecule has 1 aliphatic carbocycles. The van der Waals surface area contributed by atoms with Crippen LogP contribution in [0.25, 0.3) is 16.8 Å². The highest BCUT2D eigenvalue weighted by molar-refractivity contribution is 5.97. The lowest BCUT2D eigenvalue weighted by Gasteiger charge is -2.31. The quantitative estimate of drug-likeness (QED) is 0.457. The molecule has 214 valence electrons. The summed E-state index contributed by atoms with van der Waals surface area (Å²) in [4.78, 5) is 30.1. The average Bonchev–Trinajstić information content (AvgIpc) is 3.42. The van der Waals surface area contributed by atoms with Crippen LogP contribution in [0, 0.1) is 5.92 Å². The fourth-order valence-corrected chi connectivity index (χ4v) is 4.96. The van der Waals surface area contributed by atoms with Crippen molar-refractivity contribution in [2.45, 2.75) is 43.6 Å². The van der Waals surface area contributed by atoms with E-state index in [1.54, 1.807) is 0 Å². The molecule has 0 radical (unpaired) electrons. The first-order valence-electron chi connectivity index (χ1n) is 11.9. The summed E-state index contributed by atoms with van der Waals surface area (Å²) in [5, 5.41) is 5.91. The van der Waals surface area contributed by atoms with Crippen molar-refractivity contribution in [1.82, 2.24) is 24.8 Å². The third-order valence-electron chi connectivity index (χ3n) is 7.06. The minimum Gasteiger partial charge on any atom is -0.382 e. The van der Waals surface area contributed by atoms with E-state index < -0.39 is 83.0 Å². The zero-order valence-corrected chi connectivity index (χ0v) is 20.2. The maximum absolute atomic E-state index is 14.7. The van der Waals surface area contributed by atoms with Gasteiger partial charge in [0.05, 0.1) is 35.0 Å². The van der Waals surface area contributed by atoms with Gasteiger partial charge in [-0.2, -0.15) is 31.4 Å². The summed E-state index contributed by atoms with van der Waals surface area (Å²) in [6.45, 7) is -0.768. The van der Waals surface area contributed by atoms with Crippen LogP contribution in [0.1, 0.15) is 34.3 Å². The van der Waals surface area contributed by atoms with Crippen LogP contribution < -0.4 is 11.1 Å². The van der Waals surface area contributed by atoms with Crippen molar-refractivity contribution in [3.8, 4) is 11.3 Å². The standard InChI is InChI=1S/C24H20F8N6O2/c25-12-3-11(4-12)22(40)37-7-16(26)17(8-37)36-21(39)13-5-10(1-2-14(13)23(27,28)29)18-6-15(24(30,31)32)19-20(33)34-9-35-38(18)19/h1-2,5-6,9,11-12,16-17H,3-4,7-8H2,(H,36,39)(H2,33,34,35)/t11?,12?,16-,17+/m0/s1. The van der Waals surface area contributed by atoms with Gasteiger partial charge in [0, 0.05) is 18.0 Å². The van der Waals surface area contributed by atoms with Gasteiger partial charge in [0.15, 0.2) is 5.82 Å². The minimum atomic E-state index is -5.05. The molecule has 40 heavy (non-hydrogen) atoms. The SMILES string of the molecule is Nc1ncnn2c(-c3ccc(C(F)(F)F)c(C(=O)N[C@@H]4CN(C(=O)C5CC(F)C5)C[C@@H]4F)c3)cc(C(F)(F)F)c12. The number of amides is 2. The number of benzene rings is 1. The predicted octanol–water partition coefficient (Wildman–Crippen LogP) is 4.04. The van der Waals surface area contributed by atoms with Crippen molar-refractivity contribution in [3.63, 3.8) is 0 Å². The number of hydrogen-bond donors (Lipinski definition) is 2. The summed E-state index contributed by atoms with van der Waals surface area (Å²) in [5.41, 5.74) is 0.780. The first-order chi connectivity index (χ1) is 18.6. The van der Waals surface area contributed by atoms with Crippen LogP contribution in [0.5, 0.6) is 0 Å². The molecule has 2 atom stereocenters. The number of fused-ring (bicyclic) bond motifs is 1. The topological polar surface area (TPSA) is 106 Å². The number of anilines is 1. The number of aromatic nitrogens is 3. The molecule has 0 bridgehead atoms. The molecule has 3 aromatic rings. The van der Waals surface area contributed by atoms with Crippen molar-refractivity contribution >= 4 is 23.1 Å². The normalized spacial score (nSPS) is 23.4. The molecule has 3 heterocycles. The Morgan fingerprint density at radius 1 is 0.975 bits per heavy atom. The lowest BCUT2D eigenvalue weighted by Crippen LogP contribution is -2.44. The molecule has 2 aliphatic rings. The minimum absolute atomic E-state index is 0.00785. The van der Waals surface area contributed by atoms with Gasteiger partial charge in [-0.3, -0.25) is 9.59 Å². The van der Waals surface area contributed by atoms with Crippen molar-refractivity contribution in [2.75, 3.05) is 18.8 Å². The first-order valence-corrected chi connectivity index (χ1v) is 11.9. The number of rotatable bonds is 4. The Labute approximate surface area is 220 Å². The Morgan fingerprint density at radius 3 is 2.27 bits per heavy atom. The monoisotopic (exact) mass is 576 g/mol. The number of carbonyl (C=O) groups is 2. The van der Waals surface area contributed by atoms with E-state index in [0.717, 1.165) is 27.9 Å². The van der Waals surface area contributed by atoms with Crippen LogP contribution in [0.3, 0.4) is 0 Å². The van der Waals surface area contributed by atoms with Gasteiger partial charge in [-0.25, -0.2) is 18.3 Å². The van der Waals surface area contributed by atoms with Gasteiger partial charge >= 0.3 is 12.4 Å². The van der Waals surface area contributed by atoms with Gasteiger partial charge in [-0.15, -0.1) is 0 Å². The summed E-state index contributed by atoms with van der Waals surface area (Å²) >= 11 is 0. The van der Waals surface area contributed by atoms with E-state index in [0.29, 0.717) is 12.1 Å². The fraction of sp³-hybridized carbons (Fsp3) is 0.417. The molecule has 0 spiro atoms. The fourth-order valence-electron chi connectivity index (χ4n) is 4.96. The number of carbonyl (C=O) groups excluding carboxylic acids is 2. The van der Waals surface area contributed by atoms with Crippen molar-refractivity contribution in [1.29, 1.82) is 0 Å². The molecular formula is C24H20F8N6O2. The van der Waals surface area contributed by atoms with Gasteiger partial charge < -0.3 is 16.0 Å². The highest BCUT2D eigenvalue weighted by Gasteiger charge is 2.44. The number of hydrogen-bond acceptors (Lipinski definition) is 5. The van der Waals surface area contributed by atoms with Crippen molar-refractivity contribution < 1.29 is 44.7 Å². The molecule has 5 rings (SSSR count). The van der Waals surface area contributed by atoms with Crippen molar-refractivity contribution in [2.24, 2.45) is 5.92 Å². The number of nitrogens with one attached hydrogen (secondary N) is 1. The molecule has 1 aliphatic heterocycles. The van der Waals surface area contributed by atoms with Gasteiger partial charge in [-0.05, 0) is 31.0 Å². The summed E-state index contributed by atoms with van der Waals surface area (Å²) < 4.78 is 111. The molecule has 1 saturated heterocycles. The smallest absolute Gasteiger partial charge is 0.382 e. The second kappa shape index (κ2) is 9.59. The molecule has 2 amide bonds. The van der Waals surface area contributed by atoms with Crippen LogP contribution in [0.2, 0.25) is 0 Å². The van der Waals surface area contributed by atoms with Crippen LogP contribution in [0.15, 0.2) is 30.6 Å². The molecule has 8 nitrogen and oxygen atoms in total. The summed E-state index contributed by atoms with van der Waals surface area (Å²) in [7, 11) is 0. The number of halogens is 8. The van der Waals surface area contributed by atoms with E-state index >= 15 is 0 Å². The van der Waals surface area contributed by atoms with Gasteiger partial charge in [0.25, 0.3) is 5.91 Å². The van der Waals surface area contributed by atoms with E-state index in [-0.39, 0.29) is 30.6 Å². The van der Waals surface area contributed by atoms with E-state index in [9.17, 15) is 44.7 Å². The van der Waals surface area contributed by atoms with Gasteiger partial charge in [-0.1, -0.05) is 6.07 Å². The van der Waals surface area contributed by atoms with E-state index in [1.807, 2.05) is 0 Å². The Kier molecular flexibility index (Phi) is 6.61. The number of nitrogen functional groups attached to an aromatic ring is 1. The molecule has 3 N–H and O–H groups in total. The molecule has 2 aromatic heterocycles. The maximum atomic E-state index is 14.7. The van der Waals surface area contributed by atoms with E-state index in [1.165, 1.54) is 0 Å². The number of likely N-dealkylation sites (tertiary alicyclic amines) is 1. The average molecular weight is 576 g/mol. The summed E-state index contributed by atoms with van der Waals surface area (Å²) in [5.74, 6) is -3.01. The van der Waals surface area contributed by atoms with Crippen LogP contribution in [-0.2, 0) is 17.1 Å². The second-order valence-electron chi connectivity index (χ2n) is 9.71. The van der Waals surface area contributed by atoms with Crippen LogP contribution in [0.4, 0.5) is 40.9 Å². The van der Waals surface area contributed by atoms with E-state index in [4.69, 9.17) is 5.73 Å². The molecule has 1 aromatic carbocycles. The summed E-state index contributed by atoms with van der Waals surface area (Å²) in [6, 6.07) is 1.36. The van der Waals surface area contributed by atoms with Gasteiger partial charge in [0.2, 0.25) is 5.91 Å². The molecule has 16 heteroatoms. The first kappa shape index (κ1) is 27.6. The number of nitrogens with two attached hydrogens (primary N) is 1. The van der Waals surface area contributed by atoms with E-state index in [2.05, 4.69) is 15.4 Å². The third kappa shape index (κ3) is 4.90. The Morgan fingerprint density at radius 2 is 1.65 bits per heavy atom. The lowest BCUT2D eigenvalue weighted by atomic mass is 9.82. The summed E-state index contributed by atoms with van der Waals surface area (Å²) in [6.07, 6.45) is -12.1. The van der Waals surface area contributed by atoms with Crippen LogP contribution in [-0.4, -0.2) is 62.8 Å². The second-order valence-corrected chi connectivity index (χ2v) is 9.71. The Balaban J connectivity index is 1.48. The molecule has 2 fully saturated rings. The van der Waals surface area contributed by atoms with Gasteiger partial charge in [0.1, 0.15) is 24.2 Å². The molecular weight excluding hydrogens is 556 g/mol. The number of alkyl halides is 8. The lowest BCUT2D eigenvalue weighted by molar-refractivity contribution is -0.139. The molecule has 1 saturated carbocycles. The Hall–Kier alpha value is -3.98. The highest BCUT2D eigenvalue weighted by Crippen LogP contribution is 2.40. The van der Waals surface area contributed by atoms with Crippen LogP contribution >= 0.6 is 0 Å². The Bertz CT molecular complexity index is 1480. The van der Waals surface area contributed by atoms with Crippen molar-refractivity contribution in [3.05, 3.63) is 47.3 Å². The third-order valence-corrected chi connectivity index (χ3v) is 7.06. The number of nitrogens with zero attached hydrogens (tertiary/aromatic N) is 4. The highest BCUT2D eigenvalue weighted by atomic mass is 19.4. The molecule has 0 unspecified atom stereocenters. The largest absolute Gasteiger partial charge is 0.418 e. The zero-order valence-electron chi connectivity index (χ0n) is 20.2.